The number of nitrogens with zero attached hydrogens (tertiary/aromatic N) is 2. The molecular formula is C15H21N3O3. The third kappa shape index (κ3) is 4.44. The van der Waals surface area contributed by atoms with E-state index in [-0.39, 0.29) is 24.3 Å². The Hall–Kier alpha value is -2.11. The lowest BCUT2D eigenvalue weighted by Crippen LogP contribution is -2.34. The Morgan fingerprint density at radius 2 is 2.05 bits per heavy atom. The second-order valence-corrected chi connectivity index (χ2v) is 5.00. The third-order valence-electron chi connectivity index (χ3n) is 3.41. The van der Waals surface area contributed by atoms with E-state index in [1.54, 1.807) is 17.0 Å². The highest BCUT2D eigenvalue weighted by Gasteiger charge is 2.29. The number of nitrogens with one attached hydrogen (secondary N) is 1. The molecular weight excluding hydrogens is 270 g/mol. The van der Waals surface area contributed by atoms with E-state index in [1.807, 2.05) is 13.8 Å². The molecule has 1 aliphatic rings. The number of carbonyl (C=O) groups excluding carboxylic acids is 2. The lowest BCUT2D eigenvalue weighted by Gasteiger charge is -2.18. The van der Waals surface area contributed by atoms with Gasteiger partial charge in [-0.1, -0.05) is 0 Å². The number of carbonyl (C=O) groups is 2. The molecule has 1 aliphatic carbocycles. The molecule has 0 unspecified atom stereocenters. The Morgan fingerprint density at radius 3 is 2.57 bits per heavy atom. The van der Waals surface area contributed by atoms with Crippen LogP contribution in [0.1, 0.15) is 26.7 Å². The molecule has 0 aliphatic heterocycles. The van der Waals surface area contributed by atoms with Crippen LogP contribution in [0.2, 0.25) is 0 Å². The van der Waals surface area contributed by atoms with Crippen molar-refractivity contribution in [1.29, 1.82) is 0 Å². The lowest BCUT2D eigenvalue weighted by molar-refractivity contribution is -0.133. The van der Waals surface area contributed by atoms with Gasteiger partial charge in [0.1, 0.15) is 0 Å². The fourth-order valence-corrected chi connectivity index (χ4v) is 1.93. The van der Waals surface area contributed by atoms with Gasteiger partial charge in [0.15, 0.2) is 6.61 Å². The fourth-order valence-electron chi connectivity index (χ4n) is 1.93. The zero-order chi connectivity index (χ0) is 15.2. The molecule has 21 heavy (non-hydrogen) atoms. The normalized spacial score (nSPS) is 13.6. The number of pyridine rings is 1. The molecule has 1 saturated carbocycles. The first kappa shape index (κ1) is 15.3. The molecule has 114 valence electrons. The number of hydrogen-bond donors (Lipinski definition) is 1. The summed E-state index contributed by atoms with van der Waals surface area (Å²) in [6.07, 6.45) is 3.47. The Labute approximate surface area is 124 Å². The van der Waals surface area contributed by atoms with Crippen LogP contribution in [0.4, 0.5) is 5.69 Å². The molecule has 0 atom stereocenters. The van der Waals surface area contributed by atoms with Crippen molar-refractivity contribution < 1.29 is 14.3 Å². The molecule has 0 bridgehead atoms. The van der Waals surface area contributed by atoms with Crippen molar-refractivity contribution in [2.75, 3.05) is 25.0 Å². The van der Waals surface area contributed by atoms with Crippen LogP contribution in [0.3, 0.4) is 0 Å². The molecule has 2 amide bonds. The monoisotopic (exact) mass is 291 g/mol. The summed E-state index contributed by atoms with van der Waals surface area (Å²) in [4.78, 5) is 29.2. The second kappa shape index (κ2) is 7.06. The highest BCUT2D eigenvalue weighted by atomic mass is 16.5. The van der Waals surface area contributed by atoms with Crippen LogP contribution in [-0.4, -0.2) is 41.4 Å². The van der Waals surface area contributed by atoms with Crippen LogP contribution in [0.25, 0.3) is 0 Å². The van der Waals surface area contributed by atoms with Gasteiger partial charge < -0.3 is 15.0 Å². The van der Waals surface area contributed by atoms with Gasteiger partial charge in [0.2, 0.25) is 11.8 Å². The van der Waals surface area contributed by atoms with E-state index >= 15 is 0 Å². The maximum atomic E-state index is 11.8. The molecule has 6 heteroatoms. The number of likely N-dealkylation sites (N-methyl/N-ethyl adjacent to an activating group) is 1. The summed E-state index contributed by atoms with van der Waals surface area (Å²) in [5, 5.41) is 2.80. The quantitative estimate of drug-likeness (QED) is 0.829. The minimum atomic E-state index is -0.0621. The molecule has 0 saturated heterocycles. The van der Waals surface area contributed by atoms with Crippen molar-refractivity contribution in [3.63, 3.8) is 0 Å². The lowest BCUT2D eigenvalue weighted by atomic mass is 10.3. The average molecular weight is 291 g/mol. The van der Waals surface area contributed by atoms with E-state index < -0.39 is 0 Å². The van der Waals surface area contributed by atoms with E-state index in [0.29, 0.717) is 24.7 Å². The first-order valence-electron chi connectivity index (χ1n) is 7.31. The van der Waals surface area contributed by atoms with Crippen molar-refractivity contribution in [3.05, 3.63) is 18.3 Å². The molecule has 1 heterocycles. The summed E-state index contributed by atoms with van der Waals surface area (Å²) in [6, 6.07) is 3.38. The maximum Gasteiger partial charge on any atom is 0.260 e. The SMILES string of the molecule is CCN(CC)C(=O)COc1ccc(NC(=O)C2CC2)cn1. The second-order valence-electron chi connectivity index (χ2n) is 5.00. The van der Waals surface area contributed by atoms with Gasteiger partial charge in [-0.3, -0.25) is 9.59 Å². The van der Waals surface area contributed by atoms with Crippen LogP contribution in [0, 0.1) is 5.92 Å². The zero-order valence-corrected chi connectivity index (χ0v) is 12.5. The largest absolute Gasteiger partial charge is 0.468 e. The number of hydrogen-bond acceptors (Lipinski definition) is 4. The predicted molar refractivity (Wildman–Crippen MR) is 79.0 cm³/mol. The smallest absolute Gasteiger partial charge is 0.260 e. The van der Waals surface area contributed by atoms with E-state index in [4.69, 9.17) is 4.74 Å². The zero-order valence-electron chi connectivity index (χ0n) is 12.5. The Morgan fingerprint density at radius 1 is 1.33 bits per heavy atom. The highest BCUT2D eigenvalue weighted by molar-refractivity contribution is 5.93. The molecule has 2 rings (SSSR count). The first-order chi connectivity index (χ1) is 10.1. The van der Waals surface area contributed by atoms with Crippen molar-refractivity contribution in [2.24, 2.45) is 5.92 Å². The fraction of sp³-hybridized carbons (Fsp3) is 0.533. The average Bonchev–Trinajstić information content (AvgIpc) is 3.32. The summed E-state index contributed by atoms with van der Waals surface area (Å²) < 4.78 is 5.36. The predicted octanol–water partition coefficient (Wildman–Crippen LogP) is 1.68. The summed E-state index contributed by atoms with van der Waals surface area (Å²) in [5.74, 6) is 0.516. The van der Waals surface area contributed by atoms with Gasteiger partial charge in [0, 0.05) is 25.1 Å². The number of amides is 2. The molecule has 1 N–H and O–H groups in total. The molecule has 1 aromatic heterocycles. The van der Waals surface area contributed by atoms with Crippen LogP contribution >= 0.6 is 0 Å². The van der Waals surface area contributed by atoms with Gasteiger partial charge in [-0.2, -0.15) is 0 Å². The Balaban J connectivity index is 1.81. The highest BCUT2D eigenvalue weighted by Crippen LogP contribution is 2.30. The van der Waals surface area contributed by atoms with Crippen LogP contribution in [0.5, 0.6) is 5.88 Å². The minimum absolute atomic E-state index is 0.0253. The summed E-state index contributed by atoms with van der Waals surface area (Å²) >= 11 is 0. The van der Waals surface area contributed by atoms with Crippen LogP contribution in [-0.2, 0) is 9.59 Å². The summed E-state index contributed by atoms with van der Waals surface area (Å²) in [7, 11) is 0. The van der Waals surface area contributed by atoms with Gasteiger partial charge in [-0.25, -0.2) is 4.98 Å². The van der Waals surface area contributed by atoms with Gasteiger partial charge in [0.25, 0.3) is 5.91 Å². The molecule has 1 fully saturated rings. The molecule has 6 nitrogen and oxygen atoms in total. The van der Waals surface area contributed by atoms with Crippen molar-refractivity contribution in [2.45, 2.75) is 26.7 Å². The molecule has 0 aromatic carbocycles. The van der Waals surface area contributed by atoms with Crippen LogP contribution < -0.4 is 10.1 Å². The first-order valence-corrected chi connectivity index (χ1v) is 7.31. The van der Waals surface area contributed by atoms with Gasteiger partial charge >= 0.3 is 0 Å². The molecule has 0 radical (unpaired) electrons. The number of ether oxygens (including phenoxy) is 1. The standard InChI is InChI=1S/C15H21N3O3/c1-3-18(4-2)14(19)10-21-13-8-7-12(9-16-13)17-15(20)11-5-6-11/h7-9,11H,3-6,10H2,1-2H3,(H,17,20). The molecule has 1 aromatic rings. The summed E-state index contributed by atoms with van der Waals surface area (Å²) in [6.45, 7) is 5.16. The van der Waals surface area contributed by atoms with Gasteiger partial charge in [0.05, 0.1) is 11.9 Å². The Bertz CT molecular complexity index is 493. The number of rotatable bonds is 7. The molecule has 0 spiro atoms. The maximum absolute atomic E-state index is 11.8. The van der Waals surface area contributed by atoms with E-state index in [9.17, 15) is 9.59 Å². The topological polar surface area (TPSA) is 71.5 Å². The van der Waals surface area contributed by atoms with Crippen molar-refractivity contribution in [3.8, 4) is 5.88 Å². The third-order valence-corrected chi connectivity index (χ3v) is 3.41. The minimum Gasteiger partial charge on any atom is -0.468 e. The van der Waals surface area contributed by atoms with E-state index in [1.165, 1.54) is 6.20 Å². The van der Waals surface area contributed by atoms with Gasteiger partial charge in [-0.05, 0) is 32.8 Å². The van der Waals surface area contributed by atoms with Gasteiger partial charge in [-0.15, -0.1) is 0 Å². The summed E-state index contributed by atoms with van der Waals surface area (Å²) in [5.41, 5.74) is 0.648. The van der Waals surface area contributed by atoms with E-state index in [0.717, 1.165) is 12.8 Å². The van der Waals surface area contributed by atoms with Crippen LogP contribution in [0.15, 0.2) is 18.3 Å². The Kier molecular flexibility index (Phi) is 5.14. The number of anilines is 1. The van der Waals surface area contributed by atoms with E-state index in [2.05, 4.69) is 10.3 Å². The number of aromatic nitrogens is 1. The van der Waals surface area contributed by atoms with Crippen molar-refractivity contribution in [1.82, 2.24) is 9.88 Å². The van der Waals surface area contributed by atoms with Crippen molar-refractivity contribution >= 4 is 17.5 Å².